The second kappa shape index (κ2) is 2.83. The molecule has 2 aliphatic rings. The van der Waals surface area contributed by atoms with E-state index in [2.05, 4.69) is 34.6 Å². The first-order valence-corrected chi connectivity index (χ1v) is 5.95. The highest BCUT2D eigenvalue weighted by atomic mass is 15.0. The van der Waals surface area contributed by atoms with Gasteiger partial charge in [0.25, 0.3) is 0 Å². The molecule has 1 aromatic carbocycles. The van der Waals surface area contributed by atoms with Gasteiger partial charge in [-0.15, -0.1) is 0 Å². The second-order valence-electron chi connectivity index (χ2n) is 5.06. The predicted molar refractivity (Wildman–Crippen MR) is 64.4 cm³/mol. The number of nitrogens with one attached hydrogen (secondary N) is 1. The summed E-state index contributed by atoms with van der Waals surface area (Å²) in [6.07, 6.45) is 3.23. The van der Waals surface area contributed by atoms with Crippen LogP contribution in [0.2, 0.25) is 0 Å². The molecule has 2 heteroatoms. The lowest BCUT2D eigenvalue weighted by Crippen LogP contribution is -2.19. The lowest BCUT2D eigenvalue weighted by molar-refractivity contribution is 0.680. The molecule has 0 bridgehead atoms. The molecule has 0 unspecified atom stereocenters. The van der Waals surface area contributed by atoms with Crippen molar-refractivity contribution in [3.63, 3.8) is 0 Å². The summed E-state index contributed by atoms with van der Waals surface area (Å²) in [5, 5.41) is 4.85. The summed E-state index contributed by atoms with van der Waals surface area (Å²) in [4.78, 5) is 4.44. The zero-order chi connectivity index (χ0) is 10.6. The van der Waals surface area contributed by atoms with E-state index >= 15 is 0 Å². The van der Waals surface area contributed by atoms with Gasteiger partial charge in [-0.2, -0.15) is 0 Å². The number of piperidine rings is 1. The van der Waals surface area contributed by atoms with Crippen molar-refractivity contribution in [1.82, 2.24) is 10.3 Å². The van der Waals surface area contributed by atoms with Crippen molar-refractivity contribution >= 4 is 10.9 Å². The summed E-state index contributed by atoms with van der Waals surface area (Å²) in [7, 11) is 0. The minimum atomic E-state index is 0.433. The third-order valence-corrected chi connectivity index (χ3v) is 4.25. The largest absolute Gasteiger partial charge is 0.316 e. The van der Waals surface area contributed by atoms with Crippen LogP contribution in [0, 0.1) is 5.92 Å². The molecule has 1 saturated carbocycles. The van der Waals surface area contributed by atoms with Crippen molar-refractivity contribution in [2.24, 2.45) is 5.92 Å². The number of benzene rings is 1. The quantitative estimate of drug-likeness (QED) is 0.779. The van der Waals surface area contributed by atoms with E-state index in [-0.39, 0.29) is 0 Å². The van der Waals surface area contributed by atoms with Crippen LogP contribution in [-0.2, 0) is 5.41 Å². The van der Waals surface area contributed by atoms with E-state index in [1.165, 1.54) is 23.9 Å². The highest BCUT2D eigenvalue weighted by Gasteiger charge is 2.58. The lowest BCUT2D eigenvalue weighted by Gasteiger charge is -2.14. The molecule has 0 amide bonds. The molecule has 16 heavy (non-hydrogen) atoms. The number of hydrogen-bond acceptors (Lipinski definition) is 2. The number of hydrogen-bond donors (Lipinski definition) is 1. The first-order valence-electron chi connectivity index (χ1n) is 5.95. The Labute approximate surface area is 94.7 Å². The van der Waals surface area contributed by atoms with Crippen molar-refractivity contribution in [2.45, 2.75) is 11.8 Å². The zero-order valence-electron chi connectivity index (χ0n) is 9.11. The number of rotatable bonds is 1. The van der Waals surface area contributed by atoms with Crippen LogP contribution in [0.25, 0.3) is 10.9 Å². The third-order valence-electron chi connectivity index (χ3n) is 4.25. The molecule has 80 valence electrons. The van der Waals surface area contributed by atoms with Crippen LogP contribution < -0.4 is 5.32 Å². The normalized spacial score (nSPS) is 31.6. The van der Waals surface area contributed by atoms with Crippen molar-refractivity contribution in [1.29, 1.82) is 0 Å². The van der Waals surface area contributed by atoms with Gasteiger partial charge in [0.2, 0.25) is 0 Å². The fourth-order valence-corrected chi connectivity index (χ4v) is 3.30. The fourth-order valence-electron chi connectivity index (χ4n) is 3.30. The number of nitrogens with zero attached hydrogens (tertiary/aromatic N) is 1. The Bertz CT molecular complexity index is 558. The van der Waals surface area contributed by atoms with Gasteiger partial charge in [-0.3, -0.25) is 4.98 Å². The van der Waals surface area contributed by atoms with E-state index < -0.39 is 0 Å². The average Bonchev–Trinajstić information content (AvgIpc) is 2.91. The Kier molecular flexibility index (Phi) is 1.54. The van der Waals surface area contributed by atoms with Gasteiger partial charge in [-0.05, 0) is 36.6 Å². The molecule has 0 spiro atoms. The molecule has 1 aromatic heterocycles. The molecule has 2 heterocycles. The summed E-state index contributed by atoms with van der Waals surface area (Å²) in [6, 6.07) is 10.8. The average molecular weight is 210 g/mol. The van der Waals surface area contributed by atoms with Gasteiger partial charge in [0.05, 0.1) is 5.52 Å². The van der Waals surface area contributed by atoms with Crippen molar-refractivity contribution in [3.05, 3.63) is 42.1 Å². The maximum atomic E-state index is 4.44. The van der Waals surface area contributed by atoms with Crippen LogP contribution in [0.3, 0.4) is 0 Å². The van der Waals surface area contributed by atoms with E-state index in [1.807, 2.05) is 12.3 Å². The number of aromatic nitrogens is 1. The van der Waals surface area contributed by atoms with Gasteiger partial charge in [-0.25, -0.2) is 0 Å². The van der Waals surface area contributed by atoms with Gasteiger partial charge in [-0.1, -0.05) is 18.2 Å². The summed E-state index contributed by atoms with van der Waals surface area (Å²) >= 11 is 0. The highest BCUT2D eigenvalue weighted by Crippen LogP contribution is 2.57. The van der Waals surface area contributed by atoms with Crippen LogP contribution in [0.5, 0.6) is 0 Å². The molecule has 1 N–H and O–H groups in total. The smallest absolute Gasteiger partial charge is 0.0704 e. The second-order valence-corrected chi connectivity index (χ2v) is 5.06. The molecule has 4 rings (SSSR count). The van der Waals surface area contributed by atoms with Crippen LogP contribution in [-0.4, -0.2) is 18.1 Å². The first-order chi connectivity index (χ1) is 7.90. The topological polar surface area (TPSA) is 24.9 Å². The van der Waals surface area contributed by atoms with Gasteiger partial charge in [0.1, 0.15) is 0 Å². The van der Waals surface area contributed by atoms with Gasteiger partial charge < -0.3 is 5.32 Å². The first kappa shape index (κ1) is 8.71. The molecule has 1 saturated heterocycles. The highest BCUT2D eigenvalue weighted by molar-refractivity contribution is 5.84. The molecule has 2 aromatic rings. The van der Waals surface area contributed by atoms with Crippen molar-refractivity contribution in [2.75, 3.05) is 13.1 Å². The van der Waals surface area contributed by atoms with E-state index in [0.29, 0.717) is 5.41 Å². The third kappa shape index (κ3) is 0.978. The Hall–Kier alpha value is -1.41. The zero-order valence-corrected chi connectivity index (χ0v) is 9.11. The Morgan fingerprint density at radius 1 is 1.25 bits per heavy atom. The summed E-state index contributed by atoms with van der Waals surface area (Å²) in [6.45, 7) is 2.34. The SMILES string of the molecule is c1cc([C@@]23CNC[C@@H]2C3)c2cccnc2c1. The monoisotopic (exact) mass is 210 g/mol. The summed E-state index contributed by atoms with van der Waals surface area (Å²) < 4.78 is 0. The molecule has 2 fully saturated rings. The van der Waals surface area contributed by atoms with E-state index in [0.717, 1.165) is 18.0 Å². The maximum Gasteiger partial charge on any atom is 0.0704 e. The van der Waals surface area contributed by atoms with Crippen molar-refractivity contribution < 1.29 is 0 Å². The van der Waals surface area contributed by atoms with E-state index in [4.69, 9.17) is 0 Å². The molecule has 2 nitrogen and oxygen atoms in total. The lowest BCUT2D eigenvalue weighted by atomic mass is 9.91. The molecule has 2 atom stereocenters. The molecule has 1 aliphatic heterocycles. The van der Waals surface area contributed by atoms with Crippen LogP contribution in [0.1, 0.15) is 12.0 Å². The van der Waals surface area contributed by atoms with E-state index in [1.54, 1.807) is 0 Å². The van der Waals surface area contributed by atoms with Gasteiger partial charge in [0, 0.05) is 23.5 Å². The summed E-state index contributed by atoms with van der Waals surface area (Å²) in [5.74, 6) is 0.860. The molecular weight excluding hydrogens is 196 g/mol. The van der Waals surface area contributed by atoms with Crippen LogP contribution in [0.15, 0.2) is 36.5 Å². The minimum Gasteiger partial charge on any atom is -0.316 e. The van der Waals surface area contributed by atoms with Gasteiger partial charge in [0.15, 0.2) is 0 Å². The standard InChI is InChI=1S/C14H14N2/c1-4-12(14-7-10(14)8-15-9-14)11-3-2-6-16-13(11)5-1/h1-6,10,15H,7-9H2/t10-,14-/m0/s1. The molecule has 1 aliphatic carbocycles. The molecular formula is C14H14N2. The predicted octanol–water partition coefficient (Wildman–Crippen LogP) is 2.10. The Morgan fingerprint density at radius 2 is 2.25 bits per heavy atom. The number of pyridine rings is 1. The maximum absolute atomic E-state index is 4.44. The Balaban J connectivity index is 1.98. The van der Waals surface area contributed by atoms with Crippen molar-refractivity contribution in [3.8, 4) is 0 Å². The minimum absolute atomic E-state index is 0.433. The Morgan fingerprint density at radius 3 is 3.06 bits per heavy atom. The number of fused-ring (bicyclic) bond motifs is 2. The molecule has 0 radical (unpaired) electrons. The van der Waals surface area contributed by atoms with Crippen LogP contribution in [0.4, 0.5) is 0 Å². The van der Waals surface area contributed by atoms with E-state index in [9.17, 15) is 0 Å². The van der Waals surface area contributed by atoms with Crippen LogP contribution >= 0.6 is 0 Å². The fraction of sp³-hybridized carbons (Fsp3) is 0.357. The summed E-state index contributed by atoms with van der Waals surface area (Å²) in [5.41, 5.74) is 3.07. The van der Waals surface area contributed by atoms with Gasteiger partial charge >= 0.3 is 0 Å².